The molecule has 0 saturated carbocycles. The van der Waals surface area contributed by atoms with E-state index >= 15 is 0 Å². The number of hydrogen-bond donors (Lipinski definition) is 0. The number of aryl methyl sites for hydroxylation is 2. The van der Waals surface area contributed by atoms with Crippen molar-refractivity contribution in [3.8, 4) is 0 Å². The number of benzene rings is 2. The Hall–Kier alpha value is -2.88. The molecule has 144 valence electrons. The number of amides is 2. The van der Waals surface area contributed by atoms with Crippen LogP contribution >= 0.6 is 0 Å². The van der Waals surface area contributed by atoms with Crippen LogP contribution in [0.2, 0.25) is 0 Å². The summed E-state index contributed by atoms with van der Waals surface area (Å²) >= 11 is 0. The van der Waals surface area contributed by atoms with Gasteiger partial charge in [0.15, 0.2) is 0 Å². The largest absolute Gasteiger partial charge is 0.366 e. The van der Waals surface area contributed by atoms with Crippen LogP contribution in [-0.2, 0) is 16.0 Å². The van der Waals surface area contributed by atoms with E-state index in [4.69, 9.17) is 0 Å². The van der Waals surface area contributed by atoms with Crippen molar-refractivity contribution in [2.75, 3.05) is 19.6 Å². The summed E-state index contributed by atoms with van der Waals surface area (Å²) in [5, 5.41) is 0. The van der Waals surface area contributed by atoms with Crippen LogP contribution in [0.15, 0.2) is 54.2 Å². The highest BCUT2D eigenvalue weighted by Crippen LogP contribution is 2.35. The molecule has 0 atom stereocenters. The molecule has 0 unspecified atom stereocenters. The third-order valence-electron chi connectivity index (χ3n) is 5.68. The Bertz CT molecular complexity index is 940. The van der Waals surface area contributed by atoms with Crippen molar-refractivity contribution in [3.05, 3.63) is 76.5 Å². The lowest BCUT2D eigenvalue weighted by Crippen LogP contribution is -2.36. The van der Waals surface area contributed by atoms with E-state index in [9.17, 15) is 9.59 Å². The Morgan fingerprint density at radius 2 is 1.61 bits per heavy atom. The van der Waals surface area contributed by atoms with E-state index in [2.05, 4.69) is 11.0 Å². The first-order valence-electron chi connectivity index (χ1n) is 10.0. The summed E-state index contributed by atoms with van der Waals surface area (Å²) in [5.41, 5.74) is 5.39. The molecular weight excluding hydrogens is 348 g/mol. The molecule has 2 heterocycles. The molecule has 2 aliphatic heterocycles. The van der Waals surface area contributed by atoms with Crippen molar-refractivity contribution >= 4 is 17.4 Å². The Morgan fingerprint density at radius 3 is 2.29 bits per heavy atom. The van der Waals surface area contributed by atoms with Crippen molar-refractivity contribution in [3.63, 3.8) is 0 Å². The monoisotopic (exact) mass is 374 g/mol. The van der Waals surface area contributed by atoms with E-state index in [0.717, 1.165) is 48.2 Å². The highest BCUT2D eigenvalue weighted by Gasteiger charge is 2.42. The van der Waals surface area contributed by atoms with Crippen LogP contribution in [0, 0.1) is 13.8 Å². The number of imide groups is 1. The number of carbonyl (C=O) groups excluding carboxylic acids is 2. The van der Waals surface area contributed by atoms with E-state index in [-0.39, 0.29) is 11.8 Å². The standard InChI is InChI=1S/C24H26N2O2/c1-17-10-11-20(18(2)16-17)21-22(25-13-6-7-14-25)24(28)26(23(21)27)15-12-19-8-4-3-5-9-19/h3-5,8-11,16H,6-7,12-15H2,1-2H3. The van der Waals surface area contributed by atoms with Gasteiger partial charge in [0.1, 0.15) is 5.70 Å². The highest BCUT2D eigenvalue weighted by molar-refractivity contribution is 6.35. The topological polar surface area (TPSA) is 40.6 Å². The minimum atomic E-state index is -0.158. The van der Waals surface area contributed by atoms with Gasteiger partial charge in [-0.2, -0.15) is 0 Å². The molecule has 4 nitrogen and oxygen atoms in total. The van der Waals surface area contributed by atoms with E-state index in [1.54, 1.807) is 0 Å². The molecular formula is C24H26N2O2. The molecule has 4 rings (SSSR count). The zero-order chi connectivity index (χ0) is 19.7. The van der Waals surface area contributed by atoms with Gasteiger partial charge in [0.25, 0.3) is 11.8 Å². The van der Waals surface area contributed by atoms with E-state index in [1.807, 2.05) is 56.3 Å². The van der Waals surface area contributed by atoms with Crippen molar-refractivity contribution in [1.29, 1.82) is 0 Å². The molecule has 1 fully saturated rings. The maximum absolute atomic E-state index is 13.4. The Labute approximate surface area is 166 Å². The van der Waals surface area contributed by atoms with Crippen LogP contribution in [-0.4, -0.2) is 41.2 Å². The lowest BCUT2D eigenvalue weighted by molar-refractivity contribution is -0.137. The summed E-state index contributed by atoms with van der Waals surface area (Å²) in [6, 6.07) is 16.1. The van der Waals surface area contributed by atoms with Crippen LogP contribution in [0.25, 0.3) is 5.57 Å². The first-order valence-corrected chi connectivity index (χ1v) is 10.0. The molecule has 0 bridgehead atoms. The van der Waals surface area contributed by atoms with Gasteiger partial charge >= 0.3 is 0 Å². The van der Waals surface area contributed by atoms with Crippen LogP contribution in [0.1, 0.15) is 35.1 Å². The minimum absolute atomic E-state index is 0.141. The second kappa shape index (κ2) is 7.63. The highest BCUT2D eigenvalue weighted by atomic mass is 16.2. The second-order valence-electron chi connectivity index (χ2n) is 7.73. The predicted octanol–water partition coefficient (Wildman–Crippen LogP) is 3.72. The molecule has 28 heavy (non-hydrogen) atoms. The van der Waals surface area contributed by atoms with E-state index < -0.39 is 0 Å². The SMILES string of the molecule is Cc1ccc(C2=C(N3CCCC3)C(=O)N(CCc3ccccc3)C2=O)c(C)c1. The summed E-state index contributed by atoms with van der Waals surface area (Å²) in [5.74, 6) is -0.299. The summed E-state index contributed by atoms with van der Waals surface area (Å²) in [7, 11) is 0. The Balaban J connectivity index is 1.69. The number of rotatable bonds is 5. The van der Waals surface area contributed by atoms with Crippen LogP contribution in [0.4, 0.5) is 0 Å². The molecule has 0 spiro atoms. The molecule has 2 aromatic rings. The average molecular weight is 374 g/mol. The summed E-state index contributed by atoms with van der Waals surface area (Å²) in [6.07, 6.45) is 2.80. The number of carbonyl (C=O) groups is 2. The number of hydrogen-bond acceptors (Lipinski definition) is 3. The fraction of sp³-hybridized carbons (Fsp3) is 0.333. The second-order valence-corrected chi connectivity index (χ2v) is 7.73. The Kier molecular flexibility index (Phi) is 5.03. The van der Waals surface area contributed by atoms with Gasteiger partial charge in [0.2, 0.25) is 0 Å². The minimum Gasteiger partial charge on any atom is -0.366 e. The van der Waals surface area contributed by atoms with Gasteiger partial charge in [-0.25, -0.2) is 0 Å². The molecule has 4 heteroatoms. The number of nitrogens with zero attached hydrogens (tertiary/aromatic N) is 2. The summed E-state index contributed by atoms with van der Waals surface area (Å²) < 4.78 is 0. The van der Waals surface area contributed by atoms with Gasteiger partial charge in [-0.15, -0.1) is 0 Å². The first kappa shape index (κ1) is 18.5. The normalized spacial score (nSPS) is 17.2. The van der Waals surface area contributed by atoms with Crippen LogP contribution in [0.3, 0.4) is 0 Å². The lowest BCUT2D eigenvalue weighted by atomic mass is 9.97. The van der Waals surface area contributed by atoms with Gasteiger partial charge in [-0.3, -0.25) is 14.5 Å². The lowest BCUT2D eigenvalue weighted by Gasteiger charge is -2.20. The fourth-order valence-corrected chi connectivity index (χ4v) is 4.22. The fourth-order valence-electron chi connectivity index (χ4n) is 4.22. The van der Waals surface area contributed by atoms with Gasteiger partial charge < -0.3 is 4.90 Å². The molecule has 2 aromatic carbocycles. The molecule has 1 saturated heterocycles. The zero-order valence-corrected chi connectivity index (χ0v) is 16.6. The molecule has 0 aliphatic carbocycles. The molecule has 2 amide bonds. The van der Waals surface area contributed by atoms with Crippen molar-refractivity contribution in [2.45, 2.75) is 33.1 Å². The maximum atomic E-state index is 13.4. The zero-order valence-electron chi connectivity index (χ0n) is 16.6. The maximum Gasteiger partial charge on any atom is 0.277 e. The van der Waals surface area contributed by atoms with Crippen molar-refractivity contribution in [2.24, 2.45) is 0 Å². The van der Waals surface area contributed by atoms with Gasteiger partial charge in [-0.1, -0.05) is 54.1 Å². The smallest absolute Gasteiger partial charge is 0.277 e. The third-order valence-corrected chi connectivity index (χ3v) is 5.68. The third kappa shape index (κ3) is 3.35. The van der Waals surface area contributed by atoms with Crippen LogP contribution in [0.5, 0.6) is 0 Å². The molecule has 2 aliphatic rings. The number of likely N-dealkylation sites (tertiary alicyclic amines) is 1. The van der Waals surface area contributed by atoms with Crippen molar-refractivity contribution in [1.82, 2.24) is 9.80 Å². The van der Waals surface area contributed by atoms with E-state index in [0.29, 0.717) is 24.2 Å². The Morgan fingerprint density at radius 1 is 0.893 bits per heavy atom. The van der Waals surface area contributed by atoms with Crippen LogP contribution < -0.4 is 0 Å². The summed E-state index contributed by atoms with van der Waals surface area (Å²) in [6.45, 7) is 6.15. The molecule has 0 N–H and O–H groups in total. The predicted molar refractivity (Wildman–Crippen MR) is 111 cm³/mol. The average Bonchev–Trinajstić information content (AvgIpc) is 3.28. The van der Waals surface area contributed by atoms with Crippen molar-refractivity contribution < 1.29 is 9.59 Å². The first-order chi connectivity index (χ1) is 13.6. The molecule has 0 radical (unpaired) electrons. The van der Waals surface area contributed by atoms with Gasteiger partial charge in [0, 0.05) is 19.6 Å². The molecule has 0 aromatic heterocycles. The summed E-state index contributed by atoms with van der Waals surface area (Å²) in [4.78, 5) is 30.2. The quantitative estimate of drug-likeness (QED) is 0.749. The van der Waals surface area contributed by atoms with Gasteiger partial charge in [-0.05, 0) is 49.8 Å². The van der Waals surface area contributed by atoms with Gasteiger partial charge in [0.05, 0.1) is 5.57 Å². The van der Waals surface area contributed by atoms with E-state index in [1.165, 1.54) is 4.90 Å².